The average Bonchev–Trinajstić information content (AvgIpc) is 2.65. The number of hydrogen-bond acceptors (Lipinski definition) is 5. The van der Waals surface area contributed by atoms with E-state index in [0.717, 1.165) is 6.08 Å². The molecular weight excluding hydrogens is 338 g/mol. The molecule has 0 heterocycles. The molecule has 2 N–H and O–H groups in total. The molecule has 0 aliphatic carbocycles. The van der Waals surface area contributed by atoms with Gasteiger partial charge in [0.1, 0.15) is 0 Å². The Morgan fingerprint density at radius 3 is 2.00 bits per heavy atom. The Bertz CT molecular complexity index is 801. The largest absolute Gasteiger partial charge is 0.493 e. The highest BCUT2D eigenvalue weighted by atomic mass is 16.5. The van der Waals surface area contributed by atoms with E-state index in [4.69, 9.17) is 19.3 Å². The van der Waals surface area contributed by atoms with E-state index in [1.807, 2.05) is 0 Å². The topological polar surface area (TPSA) is 94.1 Å². The second-order valence-corrected chi connectivity index (χ2v) is 5.16. The molecule has 7 nitrogen and oxygen atoms in total. The van der Waals surface area contributed by atoms with Crippen LogP contribution in [0.5, 0.6) is 17.2 Å². The molecule has 0 saturated heterocycles. The summed E-state index contributed by atoms with van der Waals surface area (Å²) in [5.74, 6) is -0.207. The predicted molar refractivity (Wildman–Crippen MR) is 97.2 cm³/mol. The van der Waals surface area contributed by atoms with Crippen LogP contribution in [0.1, 0.15) is 15.9 Å². The average molecular weight is 357 g/mol. The van der Waals surface area contributed by atoms with Crippen LogP contribution in [-0.4, -0.2) is 38.3 Å². The Morgan fingerprint density at radius 1 is 0.962 bits per heavy atom. The first kappa shape index (κ1) is 18.9. The van der Waals surface area contributed by atoms with Crippen LogP contribution in [0, 0.1) is 0 Å². The van der Waals surface area contributed by atoms with Crippen LogP contribution in [0.15, 0.2) is 42.5 Å². The van der Waals surface area contributed by atoms with Crippen LogP contribution < -0.4 is 19.5 Å². The van der Waals surface area contributed by atoms with E-state index in [1.165, 1.54) is 27.4 Å². The molecule has 0 aliphatic rings. The molecule has 2 aromatic rings. The van der Waals surface area contributed by atoms with Gasteiger partial charge in [0.2, 0.25) is 5.75 Å². The Balaban J connectivity index is 2.20. The first-order chi connectivity index (χ1) is 12.5. The van der Waals surface area contributed by atoms with Gasteiger partial charge in [-0.3, -0.25) is 4.79 Å². The summed E-state index contributed by atoms with van der Waals surface area (Å²) in [6.07, 6.45) is 2.51. The van der Waals surface area contributed by atoms with Crippen molar-refractivity contribution < 1.29 is 28.9 Å². The first-order valence-corrected chi connectivity index (χ1v) is 7.61. The standard InChI is InChI=1S/C19H19NO6/c1-24-15-10-13(11-16(25-2)18(15)26-3)19(23)20-14-7-4-12(5-8-14)6-9-17(21)22/h4-11H,1-3H3,(H,20,23)(H,21,22)/b9-6+. The number of methoxy groups -OCH3 is 3. The van der Waals surface area contributed by atoms with Gasteiger partial charge in [0.05, 0.1) is 21.3 Å². The molecule has 2 aromatic carbocycles. The SMILES string of the molecule is COc1cc(C(=O)Nc2ccc(/C=C/C(=O)O)cc2)cc(OC)c1OC. The zero-order valence-electron chi connectivity index (χ0n) is 14.6. The molecule has 0 aromatic heterocycles. The molecule has 0 radical (unpaired) electrons. The fourth-order valence-electron chi connectivity index (χ4n) is 2.26. The normalized spacial score (nSPS) is 10.4. The highest BCUT2D eigenvalue weighted by Gasteiger charge is 2.17. The number of ether oxygens (including phenoxy) is 3. The van der Waals surface area contributed by atoms with E-state index in [0.29, 0.717) is 34.1 Å². The maximum absolute atomic E-state index is 12.5. The molecule has 7 heteroatoms. The minimum Gasteiger partial charge on any atom is -0.493 e. The zero-order valence-corrected chi connectivity index (χ0v) is 14.6. The number of aliphatic carboxylic acids is 1. The number of rotatable bonds is 7. The van der Waals surface area contributed by atoms with E-state index in [2.05, 4.69) is 5.32 Å². The third kappa shape index (κ3) is 4.54. The third-order valence-corrected chi connectivity index (χ3v) is 3.51. The summed E-state index contributed by atoms with van der Waals surface area (Å²) < 4.78 is 15.7. The second kappa shape index (κ2) is 8.57. The fraction of sp³-hybridized carbons (Fsp3) is 0.158. The number of benzene rings is 2. The number of anilines is 1. The van der Waals surface area contributed by atoms with E-state index < -0.39 is 5.97 Å². The summed E-state index contributed by atoms with van der Waals surface area (Å²) in [4.78, 5) is 23.0. The van der Waals surface area contributed by atoms with Crippen LogP contribution in [0.3, 0.4) is 0 Å². The zero-order chi connectivity index (χ0) is 19.1. The van der Waals surface area contributed by atoms with Crippen molar-refractivity contribution in [1.82, 2.24) is 0 Å². The molecule has 26 heavy (non-hydrogen) atoms. The molecule has 0 unspecified atom stereocenters. The molecule has 0 atom stereocenters. The van der Waals surface area contributed by atoms with Crippen LogP contribution in [0.2, 0.25) is 0 Å². The highest BCUT2D eigenvalue weighted by Crippen LogP contribution is 2.38. The summed E-state index contributed by atoms with van der Waals surface area (Å²) in [5.41, 5.74) is 1.61. The molecule has 0 bridgehead atoms. The quantitative estimate of drug-likeness (QED) is 0.740. The van der Waals surface area contributed by atoms with E-state index >= 15 is 0 Å². The lowest BCUT2D eigenvalue weighted by molar-refractivity contribution is -0.131. The Labute approximate surface area is 150 Å². The van der Waals surface area contributed by atoms with Crippen LogP contribution in [-0.2, 0) is 4.79 Å². The Hall–Kier alpha value is -3.48. The number of carboxylic acids is 1. The Morgan fingerprint density at radius 2 is 1.54 bits per heavy atom. The van der Waals surface area contributed by atoms with Crippen LogP contribution in [0.4, 0.5) is 5.69 Å². The molecule has 1 amide bonds. The van der Waals surface area contributed by atoms with Crippen molar-refractivity contribution in [2.45, 2.75) is 0 Å². The van der Waals surface area contributed by atoms with Gasteiger partial charge in [-0.25, -0.2) is 4.79 Å². The van der Waals surface area contributed by atoms with Crippen LogP contribution in [0.25, 0.3) is 6.08 Å². The van der Waals surface area contributed by atoms with Gasteiger partial charge in [-0.05, 0) is 35.9 Å². The maximum Gasteiger partial charge on any atom is 0.328 e. The van der Waals surface area contributed by atoms with Crippen molar-refractivity contribution in [1.29, 1.82) is 0 Å². The maximum atomic E-state index is 12.5. The van der Waals surface area contributed by atoms with Crippen molar-refractivity contribution in [3.05, 3.63) is 53.6 Å². The number of amides is 1. The van der Waals surface area contributed by atoms with Gasteiger partial charge in [-0.1, -0.05) is 12.1 Å². The summed E-state index contributed by atoms with van der Waals surface area (Å²) in [6.45, 7) is 0. The monoisotopic (exact) mass is 357 g/mol. The van der Waals surface area contributed by atoms with Gasteiger partial charge >= 0.3 is 5.97 Å². The van der Waals surface area contributed by atoms with Gasteiger partial charge in [-0.15, -0.1) is 0 Å². The first-order valence-electron chi connectivity index (χ1n) is 7.61. The van der Waals surface area contributed by atoms with Gasteiger partial charge < -0.3 is 24.6 Å². The van der Waals surface area contributed by atoms with Crippen molar-refractivity contribution in [2.24, 2.45) is 0 Å². The molecular formula is C19H19NO6. The van der Waals surface area contributed by atoms with Crippen molar-refractivity contribution in [3.8, 4) is 17.2 Å². The Kier molecular flexibility index (Phi) is 6.21. The van der Waals surface area contributed by atoms with E-state index in [9.17, 15) is 9.59 Å². The minimum absolute atomic E-state index is 0.342. The van der Waals surface area contributed by atoms with E-state index in [1.54, 1.807) is 36.4 Å². The van der Waals surface area contributed by atoms with Crippen molar-refractivity contribution >= 4 is 23.6 Å². The molecule has 2 rings (SSSR count). The summed E-state index contributed by atoms with van der Waals surface area (Å²) in [6, 6.07) is 9.87. The number of nitrogens with one attached hydrogen (secondary N) is 1. The summed E-state index contributed by atoms with van der Waals surface area (Å²) in [5, 5.41) is 11.4. The molecule has 0 fully saturated rings. The minimum atomic E-state index is -1.02. The van der Waals surface area contributed by atoms with Crippen molar-refractivity contribution in [3.63, 3.8) is 0 Å². The highest BCUT2D eigenvalue weighted by molar-refractivity contribution is 6.05. The lowest BCUT2D eigenvalue weighted by Crippen LogP contribution is -2.12. The summed E-state index contributed by atoms with van der Waals surface area (Å²) in [7, 11) is 4.44. The van der Waals surface area contributed by atoms with Crippen LogP contribution >= 0.6 is 0 Å². The van der Waals surface area contributed by atoms with Gasteiger partial charge in [0, 0.05) is 17.3 Å². The van der Waals surface area contributed by atoms with Gasteiger partial charge in [0.25, 0.3) is 5.91 Å². The lowest BCUT2D eigenvalue weighted by atomic mass is 10.1. The number of carbonyl (C=O) groups is 2. The van der Waals surface area contributed by atoms with Gasteiger partial charge in [0.15, 0.2) is 11.5 Å². The molecule has 136 valence electrons. The second-order valence-electron chi connectivity index (χ2n) is 5.16. The molecule has 0 saturated carbocycles. The van der Waals surface area contributed by atoms with Crippen molar-refractivity contribution in [2.75, 3.05) is 26.6 Å². The third-order valence-electron chi connectivity index (χ3n) is 3.51. The number of carbonyl (C=O) groups excluding carboxylic acids is 1. The number of carboxylic acid groups (broad SMARTS) is 1. The molecule has 0 spiro atoms. The fourth-order valence-corrected chi connectivity index (χ4v) is 2.26. The lowest BCUT2D eigenvalue weighted by Gasteiger charge is -2.14. The molecule has 0 aliphatic heterocycles. The number of hydrogen-bond donors (Lipinski definition) is 2. The smallest absolute Gasteiger partial charge is 0.328 e. The van der Waals surface area contributed by atoms with Gasteiger partial charge in [-0.2, -0.15) is 0 Å². The summed E-state index contributed by atoms with van der Waals surface area (Å²) >= 11 is 0. The predicted octanol–water partition coefficient (Wildman–Crippen LogP) is 3.06. The van der Waals surface area contributed by atoms with E-state index in [-0.39, 0.29) is 5.91 Å².